The zero-order valence-corrected chi connectivity index (χ0v) is 24.3. The molecule has 7 rings (SSSR count). The van der Waals surface area contributed by atoms with E-state index in [2.05, 4.69) is 159 Å². The number of rotatable bonds is 4. The van der Waals surface area contributed by atoms with Crippen molar-refractivity contribution in [2.45, 2.75) is 19.6 Å². The van der Waals surface area contributed by atoms with Gasteiger partial charge in [0.05, 0.1) is 8.07 Å². The van der Waals surface area contributed by atoms with Gasteiger partial charge in [-0.3, -0.25) is 0 Å². The monoisotopic (exact) mass is 528 g/mol. The maximum Gasteiger partial charge on any atom is 0.0776 e. The molecule has 7 aromatic rings. The smallest absolute Gasteiger partial charge is 0.0656 e. The molecule has 0 bridgehead atoms. The molecule has 0 saturated heterocycles. The molecular weight excluding hydrogens is 497 g/mol. The molecule has 0 amide bonds. The fourth-order valence-corrected chi connectivity index (χ4v) is 7.27. The molecule has 0 atom stereocenters. The van der Waals surface area contributed by atoms with E-state index < -0.39 is 8.07 Å². The van der Waals surface area contributed by atoms with Crippen molar-refractivity contribution in [1.82, 2.24) is 0 Å². The van der Waals surface area contributed by atoms with Gasteiger partial charge in [-0.1, -0.05) is 158 Å². The lowest BCUT2D eigenvalue weighted by Gasteiger charge is -2.19. The Balaban J connectivity index is 1.43. The van der Waals surface area contributed by atoms with Gasteiger partial charge in [0, 0.05) is 0 Å². The number of hydrogen-bond donors (Lipinski definition) is 0. The van der Waals surface area contributed by atoms with Crippen LogP contribution in [0.3, 0.4) is 0 Å². The van der Waals surface area contributed by atoms with Crippen LogP contribution in [0.4, 0.5) is 0 Å². The molecule has 0 nitrogen and oxygen atoms in total. The molecule has 7 aromatic carbocycles. The predicted octanol–water partition coefficient (Wildman–Crippen LogP) is 10.7. The Morgan fingerprint density at radius 2 is 0.850 bits per heavy atom. The molecule has 0 aliphatic rings. The quantitative estimate of drug-likeness (QED) is 0.157. The third kappa shape index (κ3) is 4.24. The third-order valence-corrected chi connectivity index (χ3v) is 10.2. The molecule has 0 aliphatic carbocycles. The van der Waals surface area contributed by atoms with Crippen molar-refractivity contribution >= 4 is 45.6 Å². The lowest BCUT2D eigenvalue weighted by molar-refractivity contribution is 1.61. The molecule has 0 spiro atoms. The van der Waals surface area contributed by atoms with Gasteiger partial charge in [-0.25, -0.2) is 0 Å². The molecule has 192 valence electrons. The summed E-state index contributed by atoms with van der Waals surface area (Å²) in [7, 11) is -1.37. The van der Waals surface area contributed by atoms with E-state index in [9.17, 15) is 0 Å². The first-order chi connectivity index (χ1) is 19.5. The first kappa shape index (κ1) is 24.6. The highest BCUT2D eigenvalue weighted by Gasteiger charge is 2.18. The summed E-state index contributed by atoms with van der Waals surface area (Å²) >= 11 is 0. The van der Waals surface area contributed by atoms with Crippen LogP contribution in [-0.2, 0) is 0 Å². The van der Waals surface area contributed by atoms with Crippen LogP contribution in [0.2, 0.25) is 19.6 Å². The van der Waals surface area contributed by atoms with Crippen molar-refractivity contribution in [3.63, 3.8) is 0 Å². The van der Waals surface area contributed by atoms with Gasteiger partial charge in [-0.2, -0.15) is 0 Å². The minimum absolute atomic E-state index is 1.25. The van der Waals surface area contributed by atoms with E-state index in [1.807, 2.05) is 0 Å². The second-order valence-corrected chi connectivity index (χ2v) is 16.9. The van der Waals surface area contributed by atoms with Crippen LogP contribution in [0.25, 0.3) is 65.7 Å². The number of hydrogen-bond acceptors (Lipinski definition) is 0. The van der Waals surface area contributed by atoms with Crippen molar-refractivity contribution < 1.29 is 0 Å². The maximum absolute atomic E-state index is 2.41. The minimum atomic E-state index is -1.37. The highest BCUT2D eigenvalue weighted by Crippen LogP contribution is 2.44. The highest BCUT2D eigenvalue weighted by atomic mass is 28.3. The fourth-order valence-electron chi connectivity index (χ4n) is 6.09. The predicted molar refractivity (Wildman–Crippen MR) is 178 cm³/mol. The average molecular weight is 529 g/mol. The largest absolute Gasteiger partial charge is 0.0776 e. The zero-order chi connectivity index (χ0) is 27.3. The molecule has 40 heavy (non-hydrogen) atoms. The molecule has 0 aromatic heterocycles. The number of benzene rings is 7. The summed E-state index contributed by atoms with van der Waals surface area (Å²) in [5.74, 6) is 0. The molecule has 0 saturated carbocycles. The second-order valence-electron chi connectivity index (χ2n) is 11.8. The molecule has 0 fully saturated rings. The van der Waals surface area contributed by atoms with Gasteiger partial charge in [0.2, 0.25) is 0 Å². The van der Waals surface area contributed by atoms with Gasteiger partial charge in [-0.15, -0.1) is 0 Å². The van der Waals surface area contributed by atoms with Crippen LogP contribution >= 0.6 is 0 Å². The van der Waals surface area contributed by atoms with Crippen LogP contribution in [0, 0.1) is 0 Å². The van der Waals surface area contributed by atoms with Crippen LogP contribution in [0.15, 0.2) is 140 Å². The fraction of sp³-hybridized carbons (Fsp3) is 0.0769. The van der Waals surface area contributed by atoms with E-state index >= 15 is 0 Å². The van der Waals surface area contributed by atoms with Gasteiger partial charge < -0.3 is 0 Å². The Bertz CT molecular complexity index is 1970. The van der Waals surface area contributed by atoms with Crippen LogP contribution < -0.4 is 5.19 Å². The van der Waals surface area contributed by atoms with E-state index in [0.29, 0.717) is 0 Å². The summed E-state index contributed by atoms with van der Waals surface area (Å²) < 4.78 is 0. The molecular formula is C39H32Si. The SMILES string of the molecule is C[Si](C)(C)c1cccc(-c2ccc(-c3c4ccccc4c(-c4ccc5ccccc5c4)c4ccccc34)cc2)c1. The summed E-state index contributed by atoms with van der Waals surface area (Å²) in [6.45, 7) is 7.23. The zero-order valence-electron chi connectivity index (χ0n) is 23.3. The van der Waals surface area contributed by atoms with Crippen molar-refractivity contribution in [3.8, 4) is 33.4 Å². The highest BCUT2D eigenvalue weighted by molar-refractivity contribution is 6.88. The Kier molecular flexibility index (Phi) is 5.91. The average Bonchev–Trinajstić information content (AvgIpc) is 2.99. The maximum atomic E-state index is 2.41. The van der Waals surface area contributed by atoms with Crippen molar-refractivity contribution in [3.05, 3.63) is 140 Å². The standard InChI is InChI=1S/C39H32Si/c1-40(2,3)33-14-10-13-31(26-33)28-19-22-29(23-20-28)38-34-15-6-8-17-36(34)39(37-18-9-7-16-35(37)38)32-24-21-27-11-4-5-12-30(27)25-32/h4-26H,1-3H3. The van der Waals surface area contributed by atoms with Crippen LogP contribution in [0.1, 0.15) is 0 Å². The van der Waals surface area contributed by atoms with E-state index in [1.165, 1.54) is 70.9 Å². The van der Waals surface area contributed by atoms with Gasteiger partial charge in [0.1, 0.15) is 0 Å². The van der Waals surface area contributed by atoms with Crippen LogP contribution in [0.5, 0.6) is 0 Å². The summed E-state index contributed by atoms with van der Waals surface area (Å²) in [5.41, 5.74) is 7.69. The topological polar surface area (TPSA) is 0 Å². The number of fused-ring (bicyclic) bond motifs is 3. The van der Waals surface area contributed by atoms with Gasteiger partial charge in [0.25, 0.3) is 0 Å². The van der Waals surface area contributed by atoms with E-state index in [0.717, 1.165) is 0 Å². The second kappa shape index (κ2) is 9.62. The third-order valence-electron chi connectivity index (χ3n) is 8.21. The van der Waals surface area contributed by atoms with Crippen molar-refractivity contribution in [1.29, 1.82) is 0 Å². The summed E-state index contributed by atoms with van der Waals surface area (Å²) in [6, 6.07) is 51.6. The molecule has 0 N–H and O–H groups in total. The van der Waals surface area contributed by atoms with E-state index in [1.54, 1.807) is 0 Å². The molecule has 0 aliphatic heterocycles. The molecule has 0 radical (unpaired) electrons. The summed E-state index contributed by atoms with van der Waals surface area (Å²) in [5, 5.41) is 9.20. The Hall–Kier alpha value is -4.46. The summed E-state index contributed by atoms with van der Waals surface area (Å²) in [6.07, 6.45) is 0. The lowest BCUT2D eigenvalue weighted by atomic mass is 9.85. The van der Waals surface area contributed by atoms with E-state index in [-0.39, 0.29) is 0 Å². The van der Waals surface area contributed by atoms with Crippen molar-refractivity contribution in [2.75, 3.05) is 0 Å². The van der Waals surface area contributed by atoms with Crippen molar-refractivity contribution in [2.24, 2.45) is 0 Å². The molecule has 0 heterocycles. The van der Waals surface area contributed by atoms with Gasteiger partial charge in [-0.05, 0) is 71.8 Å². The first-order valence-electron chi connectivity index (χ1n) is 14.1. The van der Waals surface area contributed by atoms with Gasteiger partial charge >= 0.3 is 0 Å². The Morgan fingerprint density at radius 3 is 1.45 bits per heavy atom. The lowest BCUT2D eigenvalue weighted by Crippen LogP contribution is -2.37. The van der Waals surface area contributed by atoms with Gasteiger partial charge in [0.15, 0.2) is 0 Å². The Labute approximate surface area is 237 Å². The Morgan fingerprint density at radius 1 is 0.350 bits per heavy atom. The first-order valence-corrected chi connectivity index (χ1v) is 17.6. The van der Waals surface area contributed by atoms with E-state index in [4.69, 9.17) is 0 Å². The van der Waals surface area contributed by atoms with Crippen LogP contribution in [-0.4, -0.2) is 8.07 Å². The molecule has 0 unspecified atom stereocenters. The minimum Gasteiger partial charge on any atom is -0.0656 e. The molecule has 1 heteroatoms. The summed E-state index contributed by atoms with van der Waals surface area (Å²) in [4.78, 5) is 0. The normalized spacial score (nSPS) is 11.9.